The van der Waals surface area contributed by atoms with Gasteiger partial charge in [-0.3, -0.25) is 0 Å². The van der Waals surface area contributed by atoms with Crippen molar-refractivity contribution in [2.75, 3.05) is 38.3 Å². The van der Waals surface area contributed by atoms with Crippen molar-refractivity contribution < 1.29 is 14.3 Å². The van der Waals surface area contributed by atoms with E-state index in [0.717, 1.165) is 11.3 Å². The van der Waals surface area contributed by atoms with Crippen molar-refractivity contribution in [1.82, 2.24) is 4.90 Å². The van der Waals surface area contributed by atoms with Crippen LogP contribution in [0.2, 0.25) is 5.02 Å². The highest BCUT2D eigenvalue weighted by Gasteiger charge is 2.32. The third-order valence-electron chi connectivity index (χ3n) is 4.85. The second-order valence-corrected chi connectivity index (χ2v) is 7.00. The lowest BCUT2D eigenvalue weighted by Crippen LogP contribution is -2.51. The van der Waals surface area contributed by atoms with Crippen LogP contribution in [-0.4, -0.2) is 44.3 Å². The van der Waals surface area contributed by atoms with Gasteiger partial charge in [0.15, 0.2) is 0 Å². The van der Waals surface area contributed by atoms with E-state index in [1.54, 1.807) is 24.2 Å². The second kappa shape index (κ2) is 9.35. The zero-order chi connectivity index (χ0) is 20.8. The van der Waals surface area contributed by atoms with Crippen molar-refractivity contribution in [1.29, 1.82) is 5.26 Å². The van der Waals surface area contributed by atoms with E-state index < -0.39 is 0 Å². The Hall–Kier alpha value is -3.17. The van der Waals surface area contributed by atoms with Gasteiger partial charge in [0, 0.05) is 24.7 Å². The summed E-state index contributed by atoms with van der Waals surface area (Å²) in [7, 11) is 1.57. The number of amides is 1. The summed E-state index contributed by atoms with van der Waals surface area (Å²) in [5.41, 5.74) is 2.31. The first kappa shape index (κ1) is 20.6. The van der Waals surface area contributed by atoms with Gasteiger partial charge in [-0.25, -0.2) is 4.79 Å². The van der Waals surface area contributed by atoms with Gasteiger partial charge in [0.1, 0.15) is 18.4 Å². The quantitative estimate of drug-likeness (QED) is 0.682. The molecule has 2 aromatic rings. The first-order valence-electron chi connectivity index (χ1n) is 9.20. The minimum Gasteiger partial charge on any atom is -0.497 e. The summed E-state index contributed by atoms with van der Waals surface area (Å²) in [6.07, 6.45) is 1.17. The number of benzene rings is 2. The van der Waals surface area contributed by atoms with Crippen LogP contribution in [0.3, 0.4) is 0 Å². The van der Waals surface area contributed by atoms with Crippen LogP contribution in [-0.2, 0) is 4.74 Å². The number of nitriles is 1. The topological polar surface area (TPSA) is 65.8 Å². The van der Waals surface area contributed by atoms with E-state index in [4.69, 9.17) is 21.1 Å². The number of carbonyl (C=O) groups excluding carboxylic acids is 1. The number of carbonyl (C=O) groups is 1. The Balaban J connectivity index is 1.95. The van der Waals surface area contributed by atoms with Crippen molar-refractivity contribution in [3.8, 4) is 11.8 Å². The lowest BCUT2D eigenvalue weighted by molar-refractivity contribution is 0.104. The molecule has 0 unspecified atom stereocenters. The van der Waals surface area contributed by atoms with Gasteiger partial charge in [-0.05, 0) is 35.9 Å². The highest BCUT2D eigenvalue weighted by atomic mass is 35.5. The predicted octanol–water partition coefficient (Wildman–Crippen LogP) is 4.41. The Labute approximate surface area is 175 Å². The van der Waals surface area contributed by atoms with Crippen LogP contribution < -0.4 is 9.64 Å². The largest absolute Gasteiger partial charge is 0.497 e. The molecule has 3 rings (SSSR count). The van der Waals surface area contributed by atoms with Crippen molar-refractivity contribution in [2.45, 2.75) is 6.04 Å². The Morgan fingerprint density at radius 2 is 2.07 bits per heavy atom. The summed E-state index contributed by atoms with van der Waals surface area (Å²) >= 11 is 6.06. The van der Waals surface area contributed by atoms with Crippen molar-refractivity contribution >= 4 is 23.4 Å². The van der Waals surface area contributed by atoms with Crippen LogP contribution in [0.1, 0.15) is 17.2 Å². The minimum atomic E-state index is -0.376. The number of methoxy groups -OCH3 is 1. The second-order valence-electron chi connectivity index (χ2n) is 6.57. The van der Waals surface area contributed by atoms with Crippen molar-refractivity contribution in [3.05, 3.63) is 71.3 Å². The van der Waals surface area contributed by atoms with E-state index in [2.05, 4.69) is 17.5 Å². The molecule has 0 bridgehead atoms. The molecule has 0 N–H and O–H groups in total. The lowest BCUT2D eigenvalue weighted by atomic mass is 10.00. The van der Waals surface area contributed by atoms with Crippen LogP contribution in [0.15, 0.2) is 55.1 Å². The maximum absolute atomic E-state index is 12.4. The average molecular weight is 412 g/mol. The van der Waals surface area contributed by atoms with Crippen LogP contribution in [0.5, 0.6) is 5.75 Å². The SMILES string of the molecule is C=CCOC(=O)N1CCN(c2ccc(OC)cc2C#N)[C@H](c2ccc(Cl)cc2)C1. The molecule has 7 heteroatoms. The maximum atomic E-state index is 12.4. The molecule has 29 heavy (non-hydrogen) atoms. The molecule has 6 nitrogen and oxygen atoms in total. The van der Waals surface area contributed by atoms with Gasteiger partial charge in [-0.1, -0.05) is 36.4 Å². The van der Waals surface area contributed by atoms with E-state index >= 15 is 0 Å². The van der Waals surface area contributed by atoms with E-state index in [1.807, 2.05) is 36.4 Å². The Morgan fingerprint density at radius 1 is 1.31 bits per heavy atom. The molecule has 1 atom stereocenters. The molecule has 0 spiro atoms. The van der Waals surface area contributed by atoms with Crippen molar-refractivity contribution in [2.24, 2.45) is 0 Å². The average Bonchev–Trinajstić information content (AvgIpc) is 2.77. The molecule has 0 saturated carbocycles. The fourth-order valence-corrected chi connectivity index (χ4v) is 3.54. The normalized spacial score (nSPS) is 16.1. The van der Waals surface area contributed by atoms with Gasteiger partial charge in [0.2, 0.25) is 0 Å². The molecule has 1 saturated heterocycles. The van der Waals surface area contributed by atoms with E-state index in [-0.39, 0.29) is 18.7 Å². The number of ether oxygens (including phenoxy) is 2. The number of hydrogen-bond donors (Lipinski definition) is 0. The number of hydrogen-bond acceptors (Lipinski definition) is 5. The number of halogens is 1. The third kappa shape index (κ3) is 4.64. The highest BCUT2D eigenvalue weighted by molar-refractivity contribution is 6.30. The molecule has 1 aliphatic rings. The summed E-state index contributed by atoms with van der Waals surface area (Å²) in [5, 5.41) is 10.3. The van der Waals surface area contributed by atoms with Crippen LogP contribution >= 0.6 is 11.6 Å². The fraction of sp³-hybridized carbons (Fsp3) is 0.273. The zero-order valence-corrected chi connectivity index (χ0v) is 16.9. The summed E-state index contributed by atoms with van der Waals surface area (Å²) in [6, 6.07) is 15.1. The predicted molar refractivity (Wildman–Crippen MR) is 112 cm³/mol. The molecule has 2 aromatic carbocycles. The standard InChI is InChI=1S/C22H22ClN3O3/c1-3-12-29-22(27)25-10-11-26(20-9-8-19(28-2)13-17(20)14-24)21(15-25)16-4-6-18(23)7-5-16/h3-9,13,21H,1,10-12,15H2,2H3/t21-/m0/s1. The smallest absolute Gasteiger partial charge is 0.410 e. The molecule has 0 aromatic heterocycles. The van der Waals surface area contributed by atoms with Crippen LogP contribution in [0, 0.1) is 11.3 Å². The van der Waals surface area contributed by atoms with E-state index in [0.29, 0.717) is 36.0 Å². The molecule has 0 aliphatic carbocycles. The van der Waals surface area contributed by atoms with Gasteiger partial charge >= 0.3 is 6.09 Å². The van der Waals surface area contributed by atoms with Gasteiger partial charge < -0.3 is 19.3 Å². The number of rotatable bonds is 5. The van der Waals surface area contributed by atoms with Gasteiger partial charge in [-0.2, -0.15) is 5.26 Å². The lowest BCUT2D eigenvalue weighted by Gasteiger charge is -2.42. The Kier molecular flexibility index (Phi) is 6.63. The maximum Gasteiger partial charge on any atom is 0.410 e. The van der Waals surface area contributed by atoms with Crippen LogP contribution in [0.25, 0.3) is 0 Å². The van der Waals surface area contributed by atoms with Gasteiger partial charge in [0.25, 0.3) is 0 Å². The van der Waals surface area contributed by atoms with Crippen molar-refractivity contribution in [3.63, 3.8) is 0 Å². The minimum absolute atomic E-state index is 0.155. The summed E-state index contributed by atoms with van der Waals surface area (Å²) in [6.45, 7) is 5.21. The van der Waals surface area contributed by atoms with E-state index in [1.165, 1.54) is 0 Å². The first-order chi connectivity index (χ1) is 14.1. The Morgan fingerprint density at radius 3 is 2.72 bits per heavy atom. The zero-order valence-electron chi connectivity index (χ0n) is 16.2. The molecule has 0 radical (unpaired) electrons. The molecular formula is C22H22ClN3O3. The third-order valence-corrected chi connectivity index (χ3v) is 5.10. The Bertz CT molecular complexity index is 924. The molecule has 1 amide bonds. The summed E-state index contributed by atoms with van der Waals surface area (Å²) < 4.78 is 10.5. The number of piperazine rings is 1. The molecular weight excluding hydrogens is 390 g/mol. The molecule has 1 fully saturated rings. The molecule has 1 heterocycles. The van der Waals surface area contributed by atoms with Crippen LogP contribution in [0.4, 0.5) is 10.5 Å². The monoisotopic (exact) mass is 411 g/mol. The highest BCUT2D eigenvalue weighted by Crippen LogP contribution is 2.35. The van der Waals surface area contributed by atoms with Gasteiger partial charge in [0.05, 0.1) is 24.4 Å². The number of anilines is 1. The fourth-order valence-electron chi connectivity index (χ4n) is 3.41. The summed E-state index contributed by atoms with van der Waals surface area (Å²) in [4.78, 5) is 16.2. The van der Waals surface area contributed by atoms with E-state index in [9.17, 15) is 10.1 Å². The first-order valence-corrected chi connectivity index (χ1v) is 9.58. The molecule has 1 aliphatic heterocycles. The molecule has 150 valence electrons. The van der Waals surface area contributed by atoms with Gasteiger partial charge in [-0.15, -0.1) is 0 Å². The number of nitrogens with zero attached hydrogens (tertiary/aromatic N) is 3. The summed E-state index contributed by atoms with van der Waals surface area (Å²) in [5.74, 6) is 0.625.